The predicted molar refractivity (Wildman–Crippen MR) is 81.9 cm³/mol. The van der Waals surface area contributed by atoms with Gasteiger partial charge < -0.3 is 9.47 Å². The third-order valence-corrected chi connectivity index (χ3v) is 4.01. The van der Waals surface area contributed by atoms with Gasteiger partial charge in [0, 0.05) is 30.4 Å². The summed E-state index contributed by atoms with van der Waals surface area (Å²) in [4.78, 5) is 0.111. The number of hydrogen-bond acceptors (Lipinski definition) is 4. The maximum Gasteiger partial charge on any atom is 0.238 e. The van der Waals surface area contributed by atoms with Crippen molar-refractivity contribution in [2.24, 2.45) is 5.14 Å². The van der Waals surface area contributed by atoms with E-state index in [9.17, 15) is 8.42 Å². The van der Waals surface area contributed by atoms with Crippen molar-refractivity contribution in [2.75, 3.05) is 19.8 Å². The minimum Gasteiger partial charge on any atom is -0.493 e. The van der Waals surface area contributed by atoms with E-state index in [4.69, 9.17) is 14.6 Å². The second-order valence-corrected chi connectivity index (χ2v) is 6.08. The molecule has 2 aromatic carbocycles. The molecule has 0 heterocycles. The largest absolute Gasteiger partial charge is 0.493 e. The van der Waals surface area contributed by atoms with Crippen LogP contribution in [0, 0.1) is 0 Å². The van der Waals surface area contributed by atoms with Gasteiger partial charge in [-0.3, -0.25) is 0 Å². The Bertz CT molecular complexity index is 713. The van der Waals surface area contributed by atoms with Crippen LogP contribution in [-0.4, -0.2) is 28.2 Å². The smallest absolute Gasteiger partial charge is 0.238 e. The molecule has 5 nitrogen and oxygen atoms in total. The molecule has 2 N–H and O–H groups in total. The molecule has 0 saturated carbocycles. The number of ether oxygens (including phenoxy) is 2. The molecule has 0 atom stereocenters. The quantitative estimate of drug-likeness (QED) is 0.796. The van der Waals surface area contributed by atoms with E-state index < -0.39 is 10.0 Å². The number of hydrogen-bond donors (Lipinski definition) is 1. The van der Waals surface area contributed by atoms with Gasteiger partial charge in [-0.15, -0.1) is 0 Å². The fraction of sp³-hybridized carbons (Fsp3) is 0.333. The zero-order valence-corrected chi connectivity index (χ0v) is 12.7. The summed E-state index contributed by atoms with van der Waals surface area (Å²) in [5.74, 6) is 0.648. The molecule has 0 fully saturated rings. The molecule has 0 saturated heterocycles. The highest BCUT2D eigenvalue weighted by atomic mass is 32.2. The van der Waals surface area contributed by atoms with Crippen molar-refractivity contribution < 1.29 is 17.9 Å². The molecular weight excluding hydrogens is 290 g/mol. The molecule has 0 aromatic heterocycles. The van der Waals surface area contributed by atoms with Crippen molar-refractivity contribution in [1.29, 1.82) is 0 Å². The normalized spacial score (nSPS) is 11.7. The number of benzene rings is 2. The van der Waals surface area contributed by atoms with Crippen LogP contribution in [0.5, 0.6) is 5.75 Å². The van der Waals surface area contributed by atoms with Gasteiger partial charge in [0.15, 0.2) is 0 Å². The molecule has 21 heavy (non-hydrogen) atoms. The average Bonchev–Trinajstić information content (AvgIpc) is 2.45. The standard InChI is InChI=1S/C15H19NO4S/c1-2-19-10-5-11-20-14-8-9-15(21(16,17)18)13-7-4-3-6-12(13)14/h3-4,6-9H,2,5,10-11H2,1H3,(H2,16,17,18). The second-order valence-electron chi connectivity index (χ2n) is 4.55. The first-order valence-electron chi connectivity index (χ1n) is 6.79. The monoisotopic (exact) mass is 309 g/mol. The summed E-state index contributed by atoms with van der Waals surface area (Å²) in [7, 11) is -3.75. The maximum atomic E-state index is 11.6. The van der Waals surface area contributed by atoms with Gasteiger partial charge in [-0.05, 0) is 19.1 Å². The van der Waals surface area contributed by atoms with Gasteiger partial charge in [-0.2, -0.15) is 0 Å². The molecule has 0 bridgehead atoms. The minimum absolute atomic E-state index is 0.111. The molecule has 6 heteroatoms. The van der Waals surface area contributed by atoms with Crippen molar-refractivity contribution >= 4 is 20.8 Å². The minimum atomic E-state index is -3.75. The van der Waals surface area contributed by atoms with Crippen LogP contribution in [0.4, 0.5) is 0 Å². The first kappa shape index (κ1) is 15.8. The number of fused-ring (bicyclic) bond motifs is 1. The summed E-state index contributed by atoms with van der Waals surface area (Å²) < 4.78 is 34.2. The zero-order chi connectivity index (χ0) is 15.3. The SMILES string of the molecule is CCOCCCOc1ccc(S(N)(=O)=O)c2ccccc12. The van der Waals surface area contributed by atoms with E-state index in [0.717, 1.165) is 11.8 Å². The lowest BCUT2D eigenvalue weighted by Gasteiger charge is -2.11. The summed E-state index contributed by atoms with van der Waals surface area (Å²) >= 11 is 0. The van der Waals surface area contributed by atoms with E-state index in [1.54, 1.807) is 18.2 Å². The Labute approximate surface area is 124 Å². The molecule has 0 aliphatic heterocycles. The number of sulfonamides is 1. The molecule has 0 aliphatic rings. The van der Waals surface area contributed by atoms with Gasteiger partial charge in [-0.1, -0.05) is 24.3 Å². The molecule has 0 aliphatic carbocycles. The van der Waals surface area contributed by atoms with E-state index in [2.05, 4.69) is 0 Å². The van der Waals surface area contributed by atoms with Crippen LogP contribution in [0.3, 0.4) is 0 Å². The highest BCUT2D eigenvalue weighted by Crippen LogP contribution is 2.30. The Morgan fingerprint density at radius 1 is 1.05 bits per heavy atom. The molecule has 0 amide bonds. The Morgan fingerprint density at radius 2 is 1.76 bits per heavy atom. The van der Waals surface area contributed by atoms with Crippen LogP contribution >= 0.6 is 0 Å². The van der Waals surface area contributed by atoms with Crippen LogP contribution < -0.4 is 9.88 Å². The lowest BCUT2D eigenvalue weighted by Crippen LogP contribution is -2.12. The Morgan fingerprint density at radius 3 is 2.43 bits per heavy atom. The molecule has 2 aromatic rings. The summed E-state index contributed by atoms with van der Waals surface area (Å²) in [5, 5.41) is 6.55. The number of rotatable bonds is 7. The van der Waals surface area contributed by atoms with Crippen LogP contribution in [-0.2, 0) is 14.8 Å². The third kappa shape index (κ3) is 3.93. The Hall–Kier alpha value is -1.63. The summed E-state index contributed by atoms with van der Waals surface area (Å²) in [6.07, 6.45) is 0.777. The van der Waals surface area contributed by atoms with Crippen LogP contribution in [0.25, 0.3) is 10.8 Å². The maximum absolute atomic E-state index is 11.6. The first-order valence-corrected chi connectivity index (χ1v) is 8.33. The highest BCUT2D eigenvalue weighted by molar-refractivity contribution is 7.89. The lowest BCUT2D eigenvalue weighted by atomic mass is 10.1. The average molecular weight is 309 g/mol. The van der Waals surface area contributed by atoms with Gasteiger partial charge in [0.05, 0.1) is 11.5 Å². The first-order chi connectivity index (χ1) is 10.0. The fourth-order valence-electron chi connectivity index (χ4n) is 2.11. The Balaban J connectivity index is 2.26. The topological polar surface area (TPSA) is 78.6 Å². The van der Waals surface area contributed by atoms with Gasteiger partial charge in [-0.25, -0.2) is 13.6 Å². The number of nitrogens with two attached hydrogens (primary N) is 1. The summed E-state index contributed by atoms with van der Waals surface area (Å²) in [6.45, 7) is 3.79. The van der Waals surface area contributed by atoms with E-state index in [-0.39, 0.29) is 4.90 Å². The van der Waals surface area contributed by atoms with Crippen molar-refractivity contribution in [3.05, 3.63) is 36.4 Å². The fourth-order valence-corrected chi connectivity index (χ4v) is 2.85. The van der Waals surface area contributed by atoms with Gasteiger partial charge in [0.1, 0.15) is 5.75 Å². The lowest BCUT2D eigenvalue weighted by molar-refractivity contribution is 0.131. The van der Waals surface area contributed by atoms with Gasteiger partial charge >= 0.3 is 0 Å². The molecule has 0 spiro atoms. The molecule has 114 valence electrons. The molecule has 2 rings (SSSR count). The molecule has 0 unspecified atom stereocenters. The molecule has 0 radical (unpaired) electrons. The van der Waals surface area contributed by atoms with Crippen molar-refractivity contribution in [3.63, 3.8) is 0 Å². The van der Waals surface area contributed by atoms with Crippen LogP contribution in [0.2, 0.25) is 0 Å². The summed E-state index contributed by atoms with van der Waals surface area (Å²) in [5.41, 5.74) is 0. The van der Waals surface area contributed by atoms with Gasteiger partial charge in [0.2, 0.25) is 10.0 Å². The van der Waals surface area contributed by atoms with E-state index in [1.807, 2.05) is 19.1 Å². The van der Waals surface area contributed by atoms with Crippen LogP contribution in [0.15, 0.2) is 41.3 Å². The van der Waals surface area contributed by atoms with Crippen molar-refractivity contribution in [3.8, 4) is 5.75 Å². The number of primary sulfonamides is 1. The van der Waals surface area contributed by atoms with Gasteiger partial charge in [0.25, 0.3) is 0 Å². The molecular formula is C15H19NO4S. The summed E-state index contributed by atoms with van der Waals surface area (Å²) in [6, 6.07) is 10.3. The van der Waals surface area contributed by atoms with E-state index in [1.165, 1.54) is 6.07 Å². The van der Waals surface area contributed by atoms with E-state index >= 15 is 0 Å². The Kier molecular flexibility index (Phi) is 5.17. The van der Waals surface area contributed by atoms with Crippen LogP contribution in [0.1, 0.15) is 13.3 Å². The zero-order valence-electron chi connectivity index (χ0n) is 11.9. The van der Waals surface area contributed by atoms with Crippen molar-refractivity contribution in [2.45, 2.75) is 18.2 Å². The highest BCUT2D eigenvalue weighted by Gasteiger charge is 2.14. The van der Waals surface area contributed by atoms with E-state index in [0.29, 0.717) is 31.0 Å². The van der Waals surface area contributed by atoms with Crippen molar-refractivity contribution in [1.82, 2.24) is 0 Å². The predicted octanol–water partition coefficient (Wildman–Crippen LogP) is 2.29. The third-order valence-electron chi connectivity index (χ3n) is 3.05. The second kappa shape index (κ2) is 6.89.